The number of nitrogens with zero attached hydrogens (tertiary/aromatic N) is 1. The van der Waals surface area contributed by atoms with E-state index in [4.69, 9.17) is 4.74 Å². The van der Waals surface area contributed by atoms with Gasteiger partial charge < -0.3 is 15.0 Å². The molecule has 0 aromatic heterocycles. The van der Waals surface area contributed by atoms with Crippen molar-refractivity contribution in [2.24, 2.45) is 0 Å². The first-order valence-electron chi connectivity index (χ1n) is 5.14. The van der Waals surface area contributed by atoms with Gasteiger partial charge >= 0.3 is 0 Å². The molecule has 0 saturated carbocycles. The first-order chi connectivity index (χ1) is 6.65. The molecule has 4 heteroatoms. The molecule has 0 aromatic carbocycles. The molecule has 1 rings (SSSR count). The highest BCUT2D eigenvalue weighted by Gasteiger charge is 2.24. The fourth-order valence-electron chi connectivity index (χ4n) is 1.37. The fraction of sp³-hybridized carbons (Fsp3) is 0.900. The zero-order valence-electron chi connectivity index (χ0n) is 9.25. The van der Waals surface area contributed by atoms with E-state index in [-0.39, 0.29) is 12.0 Å². The maximum atomic E-state index is 11.6. The molecule has 1 heterocycles. The summed E-state index contributed by atoms with van der Waals surface area (Å²) in [6, 6.07) is 0.403. The topological polar surface area (TPSA) is 41.6 Å². The van der Waals surface area contributed by atoms with E-state index < -0.39 is 0 Å². The van der Waals surface area contributed by atoms with Crippen LogP contribution in [0.15, 0.2) is 0 Å². The number of amides is 1. The van der Waals surface area contributed by atoms with Gasteiger partial charge in [-0.25, -0.2) is 0 Å². The Hall–Kier alpha value is -0.610. The molecule has 0 bridgehead atoms. The van der Waals surface area contributed by atoms with Crippen molar-refractivity contribution < 1.29 is 9.53 Å². The molecule has 4 nitrogen and oxygen atoms in total. The number of nitrogens with one attached hydrogen (secondary N) is 1. The van der Waals surface area contributed by atoms with Crippen LogP contribution in [0.1, 0.15) is 19.8 Å². The Morgan fingerprint density at radius 1 is 1.64 bits per heavy atom. The van der Waals surface area contributed by atoms with Crippen LogP contribution in [0, 0.1) is 0 Å². The lowest BCUT2D eigenvalue weighted by Crippen LogP contribution is -2.57. The van der Waals surface area contributed by atoms with Gasteiger partial charge in [0.05, 0.1) is 12.1 Å². The molecule has 1 amide bonds. The molecule has 1 fully saturated rings. The van der Waals surface area contributed by atoms with Crippen molar-refractivity contribution in [3.63, 3.8) is 0 Å². The number of hydrogen-bond donors (Lipinski definition) is 1. The lowest BCUT2D eigenvalue weighted by atomic mass is 10.1. The van der Waals surface area contributed by atoms with Crippen molar-refractivity contribution in [2.75, 3.05) is 27.2 Å². The Morgan fingerprint density at radius 3 is 2.71 bits per heavy atom. The molecular weight excluding hydrogens is 180 g/mol. The summed E-state index contributed by atoms with van der Waals surface area (Å²) in [4.78, 5) is 13.5. The quantitative estimate of drug-likeness (QED) is 0.691. The molecule has 0 spiro atoms. The molecule has 0 aliphatic carbocycles. The van der Waals surface area contributed by atoms with Crippen molar-refractivity contribution in [3.8, 4) is 0 Å². The van der Waals surface area contributed by atoms with E-state index in [1.54, 1.807) is 7.11 Å². The summed E-state index contributed by atoms with van der Waals surface area (Å²) >= 11 is 0. The van der Waals surface area contributed by atoms with E-state index in [1.165, 1.54) is 0 Å². The van der Waals surface area contributed by atoms with Crippen LogP contribution in [-0.4, -0.2) is 50.2 Å². The summed E-state index contributed by atoms with van der Waals surface area (Å²) in [6.07, 6.45) is 1.56. The lowest BCUT2D eigenvalue weighted by Gasteiger charge is -2.35. The molecular formula is C10H20N2O2. The SMILES string of the molecule is COC(C)CCC(=O)N(C)C1CNC1. The van der Waals surface area contributed by atoms with Crippen molar-refractivity contribution >= 4 is 5.91 Å². The minimum absolute atomic E-state index is 0.173. The van der Waals surface area contributed by atoms with Crippen molar-refractivity contribution in [1.82, 2.24) is 10.2 Å². The van der Waals surface area contributed by atoms with Crippen LogP contribution in [0.25, 0.3) is 0 Å². The Kier molecular flexibility index (Phi) is 4.35. The maximum absolute atomic E-state index is 11.6. The van der Waals surface area contributed by atoms with Crippen molar-refractivity contribution in [2.45, 2.75) is 31.9 Å². The largest absolute Gasteiger partial charge is 0.382 e. The van der Waals surface area contributed by atoms with Gasteiger partial charge in [-0.2, -0.15) is 0 Å². The van der Waals surface area contributed by atoms with Gasteiger partial charge in [-0.15, -0.1) is 0 Å². The number of hydrogen-bond acceptors (Lipinski definition) is 3. The Morgan fingerprint density at radius 2 is 2.29 bits per heavy atom. The predicted molar refractivity (Wildman–Crippen MR) is 55.1 cm³/mol. The highest BCUT2D eigenvalue weighted by atomic mass is 16.5. The van der Waals surface area contributed by atoms with Gasteiger partial charge in [0.15, 0.2) is 0 Å². The van der Waals surface area contributed by atoms with Crippen LogP contribution in [0.5, 0.6) is 0 Å². The minimum Gasteiger partial charge on any atom is -0.382 e. The molecule has 0 radical (unpaired) electrons. The molecule has 1 aliphatic rings. The number of methoxy groups -OCH3 is 1. The van der Waals surface area contributed by atoms with Crippen LogP contribution >= 0.6 is 0 Å². The highest BCUT2D eigenvalue weighted by Crippen LogP contribution is 2.07. The fourth-order valence-corrected chi connectivity index (χ4v) is 1.37. The summed E-state index contributed by atoms with van der Waals surface area (Å²) in [5.74, 6) is 0.223. The zero-order valence-corrected chi connectivity index (χ0v) is 9.25. The number of carbonyl (C=O) groups excluding carboxylic acids is 1. The second-order valence-corrected chi connectivity index (χ2v) is 3.90. The minimum atomic E-state index is 0.173. The first-order valence-corrected chi connectivity index (χ1v) is 5.14. The lowest BCUT2D eigenvalue weighted by molar-refractivity contribution is -0.133. The second kappa shape index (κ2) is 5.32. The van der Waals surface area contributed by atoms with Gasteiger partial charge in [-0.1, -0.05) is 0 Å². The Bertz CT molecular complexity index is 193. The zero-order chi connectivity index (χ0) is 10.6. The number of carbonyl (C=O) groups is 1. The molecule has 14 heavy (non-hydrogen) atoms. The van der Waals surface area contributed by atoms with E-state index in [1.807, 2.05) is 18.9 Å². The van der Waals surface area contributed by atoms with Crippen molar-refractivity contribution in [1.29, 1.82) is 0 Å². The van der Waals surface area contributed by atoms with Crippen molar-refractivity contribution in [3.05, 3.63) is 0 Å². The normalized spacial score (nSPS) is 18.8. The van der Waals surface area contributed by atoms with Crippen LogP contribution < -0.4 is 5.32 Å². The molecule has 1 unspecified atom stereocenters. The Labute approximate surface area is 85.6 Å². The Balaban J connectivity index is 2.19. The highest BCUT2D eigenvalue weighted by molar-refractivity contribution is 5.76. The second-order valence-electron chi connectivity index (χ2n) is 3.90. The van der Waals surface area contributed by atoms with Gasteiger partial charge in [0.1, 0.15) is 0 Å². The van der Waals surface area contributed by atoms with E-state index in [2.05, 4.69) is 5.32 Å². The van der Waals surface area contributed by atoms with E-state index >= 15 is 0 Å². The van der Waals surface area contributed by atoms with E-state index in [0.29, 0.717) is 12.5 Å². The molecule has 0 aromatic rings. The summed E-state index contributed by atoms with van der Waals surface area (Å²) < 4.78 is 5.10. The van der Waals surface area contributed by atoms with Gasteiger partial charge in [0, 0.05) is 33.7 Å². The molecule has 1 N–H and O–H groups in total. The number of ether oxygens (including phenoxy) is 1. The van der Waals surface area contributed by atoms with Gasteiger partial charge in [-0.3, -0.25) is 4.79 Å². The molecule has 1 atom stereocenters. The molecule has 1 saturated heterocycles. The third-order valence-electron chi connectivity index (χ3n) is 2.87. The van der Waals surface area contributed by atoms with Crippen LogP contribution in [0.3, 0.4) is 0 Å². The maximum Gasteiger partial charge on any atom is 0.222 e. The standard InChI is InChI=1S/C10H20N2O2/c1-8(14-3)4-5-10(13)12(2)9-6-11-7-9/h8-9,11H,4-7H2,1-3H3. The predicted octanol–water partition coefficient (Wildman–Crippen LogP) is 0.232. The average Bonchev–Trinajstić information content (AvgIpc) is 2.10. The van der Waals surface area contributed by atoms with Gasteiger partial charge in [0.2, 0.25) is 5.91 Å². The third-order valence-corrected chi connectivity index (χ3v) is 2.87. The van der Waals surface area contributed by atoms with Gasteiger partial charge in [-0.05, 0) is 13.3 Å². The van der Waals surface area contributed by atoms with Crippen LogP contribution in [-0.2, 0) is 9.53 Å². The van der Waals surface area contributed by atoms with Gasteiger partial charge in [0.25, 0.3) is 0 Å². The monoisotopic (exact) mass is 200 g/mol. The molecule has 1 aliphatic heterocycles. The van der Waals surface area contributed by atoms with Crippen LogP contribution in [0.4, 0.5) is 0 Å². The third kappa shape index (κ3) is 2.96. The summed E-state index contributed by atoms with van der Waals surface area (Å²) in [7, 11) is 3.56. The van der Waals surface area contributed by atoms with Crippen LogP contribution in [0.2, 0.25) is 0 Å². The van der Waals surface area contributed by atoms with E-state index in [0.717, 1.165) is 19.5 Å². The molecule has 82 valence electrons. The number of likely N-dealkylation sites (N-methyl/N-ethyl adjacent to an activating group) is 1. The number of rotatable bonds is 5. The summed E-state index contributed by atoms with van der Waals surface area (Å²) in [6.45, 7) is 3.85. The smallest absolute Gasteiger partial charge is 0.222 e. The first kappa shape index (κ1) is 11.5. The average molecular weight is 200 g/mol. The summed E-state index contributed by atoms with van der Waals surface area (Å²) in [5.41, 5.74) is 0. The summed E-state index contributed by atoms with van der Waals surface area (Å²) in [5, 5.41) is 3.15. The van der Waals surface area contributed by atoms with E-state index in [9.17, 15) is 4.79 Å².